The first-order valence-electron chi connectivity index (χ1n) is 5.99. The Morgan fingerprint density at radius 3 is 2.39 bits per heavy atom. The fourth-order valence-corrected chi connectivity index (χ4v) is 3.65. The number of hydrogen-bond donors (Lipinski definition) is 0. The van der Waals surface area contributed by atoms with Crippen LogP contribution in [0.5, 0.6) is 0 Å². The molecule has 0 spiro atoms. The zero-order chi connectivity index (χ0) is 13.1. The summed E-state index contributed by atoms with van der Waals surface area (Å²) in [6, 6.07) is 5.40. The average molecular weight is 304 g/mol. The van der Waals surface area contributed by atoms with Gasteiger partial charge in [0, 0.05) is 18.0 Å². The molecule has 1 aromatic rings. The molecule has 1 aliphatic heterocycles. The topological polar surface area (TPSA) is 20.3 Å². The minimum atomic E-state index is -0.152. The highest BCUT2D eigenvalue weighted by atomic mass is 35.5. The number of amides is 1. The van der Waals surface area contributed by atoms with Crippen LogP contribution in [-0.2, 0) is 4.79 Å². The third kappa shape index (κ3) is 3.14. The number of rotatable bonds is 3. The van der Waals surface area contributed by atoms with Gasteiger partial charge in [-0.2, -0.15) is 0 Å². The molecule has 1 aromatic carbocycles. The van der Waals surface area contributed by atoms with E-state index in [4.69, 9.17) is 23.2 Å². The Balaban J connectivity index is 2.06. The van der Waals surface area contributed by atoms with Crippen LogP contribution in [0.25, 0.3) is 0 Å². The molecule has 0 radical (unpaired) electrons. The van der Waals surface area contributed by atoms with E-state index in [2.05, 4.69) is 0 Å². The molecule has 2 nitrogen and oxygen atoms in total. The van der Waals surface area contributed by atoms with Crippen LogP contribution in [0, 0.1) is 0 Å². The summed E-state index contributed by atoms with van der Waals surface area (Å²) >= 11 is 13.7. The number of carbonyl (C=O) groups excluding carboxylic acids is 1. The molecule has 1 fully saturated rings. The maximum atomic E-state index is 12.2. The Hall–Kier alpha value is -0.380. The van der Waals surface area contributed by atoms with E-state index >= 15 is 0 Å². The SMILES string of the molecule is CC(Sc1c(Cl)cccc1Cl)C(=O)N1CCCC1. The van der Waals surface area contributed by atoms with E-state index in [1.807, 2.05) is 17.9 Å². The van der Waals surface area contributed by atoms with Crippen molar-refractivity contribution in [1.29, 1.82) is 0 Å². The second-order valence-corrected chi connectivity index (χ2v) is 6.51. The highest BCUT2D eigenvalue weighted by Crippen LogP contribution is 2.36. The number of nitrogens with zero attached hydrogens (tertiary/aromatic N) is 1. The van der Waals surface area contributed by atoms with Gasteiger partial charge in [0.2, 0.25) is 5.91 Å². The molecule has 2 rings (SSSR count). The molecule has 1 unspecified atom stereocenters. The summed E-state index contributed by atoms with van der Waals surface area (Å²) in [7, 11) is 0. The van der Waals surface area contributed by atoms with Crippen LogP contribution in [0.2, 0.25) is 10.0 Å². The molecule has 0 aromatic heterocycles. The zero-order valence-corrected chi connectivity index (χ0v) is 12.5. The molecule has 5 heteroatoms. The van der Waals surface area contributed by atoms with Gasteiger partial charge in [0.1, 0.15) is 0 Å². The van der Waals surface area contributed by atoms with Crippen LogP contribution in [0.15, 0.2) is 23.1 Å². The molecule has 98 valence electrons. The summed E-state index contributed by atoms with van der Waals surface area (Å²) < 4.78 is 0. The first-order valence-corrected chi connectivity index (χ1v) is 7.62. The maximum Gasteiger partial charge on any atom is 0.235 e. The predicted octanol–water partition coefficient (Wildman–Crippen LogP) is 4.10. The Kier molecular flexibility index (Phi) is 4.82. The largest absolute Gasteiger partial charge is 0.342 e. The van der Waals surface area contributed by atoms with E-state index in [0.717, 1.165) is 30.8 Å². The summed E-state index contributed by atoms with van der Waals surface area (Å²) in [4.78, 5) is 14.9. The lowest BCUT2D eigenvalue weighted by Crippen LogP contribution is -2.34. The fourth-order valence-electron chi connectivity index (χ4n) is 2.02. The molecule has 1 heterocycles. The number of benzene rings is 1. The highest BCUT2D eigenvalue weighted by Gasteiger charge is 2.25. The van der Waals surface area contributed by atoms with E-state index < -0.39 is 0 Å². The Morgan fingerprint density at radius 1 is 1.28 bits per heavy atom. The fraction of sp³-hybridized carbons (Fsp3) is 0.462. The van der Waals surface area contributed by atoms with Gasteiger partial charge in [-0.3, -0.25) is 4.79 Å². The van der Waals surface area contributed by atoms with Crippen molar-refractivity contribution in [1.82, 2.24) is 4.90 Å². The maximum absolute atomic E-state index is 12.2. The van der Waals surface area contributed by atoms with Crippen molar-refractivity contribution in [2.24, 2.45) is 0 Å². The van der Waals surface area contributed by atoms with Crippen LogP contribution in [0.1, 0.15) is 19.8 Å². The molecular weight excluding hydrogens is 289 g/mol. The summed E-state index contributed by atoms with van der Waals surface area (Å²) in [5.41, 5.74) is 0. The van der Waals surface area contributed by atoms with Gasteiger partial charge in [-0.25, -0.2) is 0 Å². The number of halogens is 2. The molecule has 0 N–H and O–H groups in total. The molecule has 0 saturated carbocycles. The van der Waals surface area contributed by atoms with E-state index in [-0.39, 0.29) is 11.2 Å². The highest BCUT2D eigenvalue weighted by molar-refractivity contribution is 8.00. The van der Waals surface area contributed by atoms with Crippen molar-refractivity contribution < 1.29 is 4.79 Å². The van der Waals surface area contributed by atoms with Gasteiger partial charge in [0.05, 0.1) is 15.3 Å². The molecule has 1 saturated heterocycles. The van der Waals surface area contributed by atoms with Crippen molar-refractivity contribution >= 4 is 40.9 Å². The van der Waals surface area contributed by atoms with Gasteiger partial charge in [-0.15, -0.1) is 11.8 Å². The Morgan fingerprint density at radius 2 is 1.83 bits per heavy atom. The third-order valence-electron chi connectivity index (χ3n) is 2.98. The molecule has 1 aliphatic rings. The Labute approximate surface area is 122 Å². The number of thioether (sulfide) groups is 1. The van der Waals surface area contributed by atoms with Crippen molar-refractivity contribution in [3.63, 3.8) is 0 Å². The molecule has 0 bridgehead atoms. The predicted molar refractivity (Wildman–Crippen MR) is 77.6 cm³/mol. The lowest BCUT2D eigenvalue weighted by Gasteiger charge is -2.20. The Bertz CT molecular complexity index is 426. The van der Waals surface area contributed by atoms with Gasteiger partial charge < -0.3 is 4.90 Å². The first kappa shape index (κ1) is 14.0. The van der Waals surface area contributed by atoms with Crippen LogP contribution < -0.4 is 0 Å². The molecule has 1 amide bonds. The normalized spacial score (nSPS) is 16.9. The van der Waals surface area contributed by atoms with Crippen molar-refractivity contribution in [3.8, 4) is 0 Å². The summed E-state index contributed by atoms with van der Waals surface area (Å²) in [6.45, 7) is 3.66. The minimum absolute atomic E-state index is 0.152. The average Bonchev–Trinajstić information content (AvgIpc) is 2.86. The van der Waals surface area contributed by atoms with Crippen LogP contribution >= 0.6 is 35.0 Å². The summed E-state index contributed by atoms with van der Waals surface area (Å²) in [5, 5.41) is 1.06. The summed E-state index contributed by atoms with van der Waals surface area (Å²) in [6.07, 6.45) is 2.21. The quantitative estimate of drug-likeness (QED) is 0.784. The van der Waals surface area contributed by atoms with E-state index in [9.17, 15) is 4.79 Å². The number of carbonyl (C=O) groups is 1. The van der Waals surface area contributed by atoms with Crippen LogP contribution in [0.3, 0.4) is 0 Å². The van der Waals surface area contributed by atoms with Crippen LogP contribution in [0.4, 0.5) is 0 Å². The zero-order valence-electron chi connectivity index (χ0n) is 10.2. The van der Waals surface area contributed by atoms with Crippen LogP contribution in [-0.4, -0.2) is 29.1 Å². The van der Waals surface area contributed by atoms with Gasteiger partial charge in [0.15, 0.2) is 0 Å². The lowest BCUT2D eigenvalue weighted by molar-refractivity contribution is -0.129. The smallest absolute Gasteiger partial charge is 0.235 e. The standard InChI is InChI=1S/C13H15Cl2NOS/c1-9(13(17)16-7-2-3-8-16)18-12-10(14)5-4-6-11(12)15/h4-6,9H,2-3,7-8H2,1H3. The molecule has 1 atom stereocenters. The van der Waals surface area contributed by atoms with Crippen molar-refractivity contribution in [2.45, 2.75) is 29.9 Å². The van der Waals surface area contributed by atoms with Crippen molar-refractivity contribution in [3.05, 3.63) is 28.2 Å². The van der Waals surface area contributed by atoms with Gasteiger partial charge in [-0.05, 0) is 31.9 Å². The van der Waals surface area contributed by atoms with E-state index in [1.54, 1.807) is 12.1 Å². The first-order chi connectivity index (χ1) is 8.59. The minimum Gasteiger partial charge on any atom is -0.342 e. The lowest BCUT2D eigenvalue weighted by atomic mass is 10.4. The van der Waals surface area contributed by atoms with Crippen molar-refractivity contribution in [2.75, 3.05) is 13.1 Å². The van der Waals surface area contributed by atoms with Gasteiger partial charge in [0.25, 0.3) is 0 Å². The summed E-state index contributed by atoms with van der Waals surface area (Å²) in [5.74, 6) is 0.175. The van der Waals surface area contributed by atoms with E-state index in [0.29, 0.717) is 10.0 Å². The second-order valence-electron chi connectivity index (χ2n) is 4.34. The third-order valence-corrected chi connectivity index (χ3v) is 5.06. The monoisotopic (exact) mass is 303 g/mol. The van der Waals surface area contributed by atoms with Gasteiger partial charge in [-0.1, -0.05) is 29.3 Å². The molecule has 0 aliphatic carbocycles. The number of likely N-dealkylation sites (tertiary alicyclic amines) is 1. The molecule has 18 heavy (non-hydrogen) atoms. The molecular formula is C13H15Cl2NOS. The second kappa shape index (κ2) is 6.18. The van der Waals surface area contributed by atoms with Gasteiger partial charge >= 0.3 is 0 Å². The van der Waals surface area contributed by atoms with E-state index in [1.165, 1.54) is 11.8 Å². The number of hydrogen-bond acceptors (Lipinski definition) is 2.